The van der Waals surface area contributed by atoms with Crippen molar-refractivity contribution in [2.45, 2.75) is 13.3 Å². The molecule has 0 atom stereocenters. The fraction of sp³-hybridized carbons (Fsp3) is 0.182. The highest BCUT2D eigenvalue weighted by Gasteiger charge is 2.02. The number of fused-ring (bicyclic) bond motifs is 1. The zero-order chi connectivity index (χ0) is 9.26. The summed E-state index contributed by atoms with van der Waals surface area (Å²) in [6.45, 7) is 2.01. The van der Waals surface area contributed by atoms with Crippen LogP contribution < -0.4 is 6.15 Å². The Hall–Kier alpha value is -1.48. The molecule has 14 heavy (non-hydrogen) atoms. The highest BCUT2D eigenvalue weighted by molar-refractivity contribution is 5.79. The first-order valence-electron chi connectivity index (χ1n) is 4.34. The van der Waals surface area contributed by atoms with Gasteiger partial charge in [-0.2, -0.15) is 0 Å². The molecule has 0 spiro atoms. The Morgan fingerprint density at radius 1 is 1.36 bits per heavy atom. The van der Waals surface area contributed by atoms with Gasteiger partial charge in [-0.15, -0.1) is 0 Å². The van der Waals surface area contributed by atoms with E-state index in [0.717, 1.165) is 17.4 Å². The second-order valence-electron chi connectivity index (χ2n) is 3.01. The lowest BCUT2D eigenvalue weighted by Crippen LogP contribution is -1.87. The first-order chi connectivity index (χ1) is 6.31. The summed E-state index contributed by atoms with van der Waals surface area (Å²) in [5.41, 5.74) is 1.47. The van der Waals surface area contributed by atoms with E-state index in [9.17, 15) is 4.39 Å². The molecule has 0 fully saturated rings. The van der Waals surface area contributed by atoms with Crippen molar-refractivity contribution in [1.29, 1.82) is 0 Å². The molecule has 2 rings (SSSR count). The van der Waals surface area contributed by atoms with E-state index in [1.54, 1.807) is 12.3 Å². The molecule has 74 valence electrons. The van der Waals surface area contributed by atoms with Crippen LogP contribution in [0.15, 0.2) is 30.5 Å². The van der Waals surface area contributed by atoms with Crippen LogP contribution in [0.3, 0.4) is 0 Å². The Bertz CT molecular complexity index is 440. The van der Waals surface area contributed by atoms with Crippen molar-refractivity contribution in [2.24, 2.45) is 0 Å². The van der Waals surface area contributed by atoms with Gasteiger partial charge in [-0.3, -0.25) is 4.98 Å². The molecule has 0 radical (unpaired) electrons. The van der Waals surface area contributed by atoms with Crippen molar-refractivity contribution in [2.75, 3.05) is 0 Å². The lowest BCUT2D eigenvalue weighted by Gasteiger charge is -2.01. The van der Waals surface area contributed by atoms with Gasteiger partial charge < -0.3 is 6.15 Å². The number of hydrogen-bond donors (Lipinski definition) is 1. The van der Waals surface area contributed by atoms with Crippen LogP contribution in [-0.4, -0.2) is 4.98 Å². The number of pyridine rings is 1. The molecule has 0 unspecified atom stereocenters. The average molecular weight is 192 g/mol. The predicted molar refractivity (Wildman–Crippen MR) is 56.1 cm³/mol. The average Bonchev–Trinajstić information content (AvgIpc) is 2.18. The van der Waals surface area contributed by atoms with Crippen LogP contribution in [0.2, 0.25) is 0 Å². The first-order valence-corrected chi connectivity index (χ1v) is 4.34. The summed E-state index contributed by atoms with van der Waals surface area (Å²) >= 11 is 0. The quantitative estimate of drug-likeness (QED) is 0.754. The van der Waals surface area contributed by atoms with E-state index in [4.69, 9.17) is 0 Å². The van der Waals surface area contributed by atoms with E-state index < -0.39 is 0 Å². The zero-order valence-corrected chi connectivity index (χ0v) is 8.13. The third-order valence-electron chi connectivity index (χ3n) is 2.13. The summed E-state index contributed by atoms with van der Waals surface area (Å²) in [4.78, 5) is 3.98. The summed E-state index contributed by atoms with van der Waals surface area (Å²) in [5.74, 6) is -0.227. The van der Waals surface area contributed by atoms with Crippen LogP contribution in [0.1, 0.15) is 12.5 Å². The third-order valence-corrected chi connectivity index (χ3v) is 2.13. The van der Waals surface area contributed by atoms with Gasteiger partial charge in [0.2, 0.25) is 0 Å². The van der Waals surface area contributed by atoms with Crippen LogP contribution >= 0.6 is 0 Å². The molecule has 2 nitrogen and oxygen atoms in total. The van der Waals surface area contributed by atoms with E-state index in [1.165, 1.54) is 0 Å². The van der Waals surface area contributed by atoms with Gasteiger partial charge in [0.05, 0.1) is 0 Å². The normalized spacial score (nSPS) is 9.86. The van der Waals surface area contributed by atoms with Crippen molar-refractivity contribution in [3.8, 4) is 0 Å². The van der Waals surface area contributed by atoms with Crippen molar-refractivity contribution >= 4 is 10.9 Å². The number of aryl methyl sites for hydroxylation is 1. The molecule has 3 heteroatoms. The molecule has 1 aromatic heterocycles. The molecule has 0 saturated carbocycles. The zero-order valence-electron chi connectivity index (χ0n) is 8.13. The number of benzene rings is 1. The molecule has 2 aromatic rings. The maximum Gasteiger partial charge on any atom is 0.149 e. The lowest BCUT2D eigenvalue weighted by atomic mass is 10.1. The van der Waals surface area contributed by atoms with Gasteiger partial charge in [0.25, 0.3) is 0 Å². The Balaban J connectivity index is 0.000000980. The number of halogens is 1. The monoisotopic (exact) mass is 192 g/mol. The van der Waals surface area contributed by atoms with E-state index in [2.05, 4.69) is 4.98 Å². The Labute approximate surface area is 82.4 Å². The Morgan fingerprint density at radius 3 is 2.86 bits per heavy atom. The number of aromatic nitrogens is 1. The highest BCUT2D eigenvalue weighted by atomic mass is 19.1. The Morgan fingerprint density at radius 2 is 2.14 bits per heavy atom. The topological polar surface area (TPSA) is 47.9 Å². The molecule has 0 bridgehead atoms. The number of nitrogens with zero attached hydrogens (tertiary/aromatic N) is 1. The molecule has 0 aliphatic heterocycles. The van der Waals surface area contributed by atoms with Crippen LogP contribution in [0, 0.1) is 5.82 Å². The van der Waals surface area contributed by atoms with Crippen molar-refractivity contribution in [3.05, 3.63) is 41.8 Å². The maximum absolute atomic E-state index is 13.4. The Kier molecular flexibility index (Phi) is 3.14. The fourth-order valence-electron chi connectivity index (χ4n) is 1.41. The van der Waals surface area contributed by atoms with Crippen LogP contribution in [0.4, 0.5) is 4.39 Å². The largest absolute Gasteiger partial charge is 0.344 e. The number of hydrogen-bond acceptors (Lipinski definition) is 2. The van der Waals surface area contributed by atoms with Crippen LogP contribution in [0.5, 0.6) is 0 Å². The second kappa shape index (κ2) is 4.15. The second-order valence-corrected chi connectivity index (χ2v) is 3.01. The van der Waals surface area contributed by atoms with Crippen molar-refractivity contribution < 1.29 is 4.39 Å². The van der Waals surface area contributed by atoms with E-state index in [-0.39, 0.29) is 12.0 Å². The maximum atomic E-state index is 13.4. The fourth-order valence-corrected chi connectivity index (χ4v) is 1.41. The molecule has 0 aliphatic rings. The summed E-state index contributed by atoms with van der Waals surface area (Å²) in [7, 11) is 0. The number of rotatable bonds is 1. The molecular weight excluding hydrogens is 179 g/mol. The summed E-state index contributed by atoms with van der Waals surface area (Å²) in [6, 6.07) is 7.23. The molecule has 0 saturated heterocycles. The summed E-state index contributed by atoms with van der Waals surface area (Å²) in [5, 5.41) is 0.874. The minimum atomic E-state index is -0.227. The van der Waals surface area contributed by atoms with Crippen molar-refractivity contribution in [1.82, 2.24) is 11.1 Å². The molecule has 3 N–H and O–H groups in total. The minimum Gasteiger partial charge on any atom is -0.344 e. The van der Waals surface area contributed by atoms with Gasteiger partial charge >= 0.3 is 0 Å². The first kappa shape index (κ1) is 10.6. The van der Waals surface area contributed by atoms with E-state index in [0.29, 0.717) is 5.52 Å². The SMILES string of the molecule is CCc1cc(F)c2ncccc2c1.N. The highest BCUT2D eigenvalue weighted by Crippen LogP contribution is 2.17. The standard InChI is InChI=1S/C11H10FN.H3N/c1-2-8-6-9-4-3-5-13-11(9)10(12)7-8;/h3-7H,2H2,1H3;1H3. The molecule has 0 aliphatic carbocycles. The van der Waals surface area contributed by atoms with Gasteiger partial charge in [0, 0.05) is 11.6 Å². The molecule has 0 amide bonds. The summed E-state index contributed by atoms with van der Waals surface area (Å²) in [6.07, 6.45) is 2.46. The van der Waals surface area contributed by atoms with Gasteiger partial charge in [-0.05, 0) is 30.2 Å². The molecule has 1 heterocycles. The minimum absolute atomic E-state index is 0. The van der Waals surface area contributed by atoms with Gasteiger partial charge in [0.15, 0.2) is 0 Å². The van der Waals surface area contributed by atoms with Crippen LogP contribution in [0.25, 0.3) is 10.9 Å². The van der Waals surface area contributed by atoms with Gasteiger partial charge in [-0.25, -0.2) is 4.39 Å². The van der Waals surface area contributed by atoms with Gasteiger partial charge in [-0.1, -0.05) is 13.0 Å². The molecule has 1 aromatic carbocycles. The third kappa shape index (κ3) is 1.72. The van der Waals surface area contributed by atoms with Gasteiger partial charge in [0.1, 0.15) is 11.3 Å². The van der Waals surface area contributed by atoms with E-state index in [1.807, 2.05) is 25.1 Å². The molecular formula is C11H13FN2. The van der Waals surface area contributed by atoms with E-state index >= 15 is 0 Å². The van der Waals surface area contributed by atoms with Crippen LogP contribution in [-0.2, 0) is 6.42 Å². The predicted octanol–water partition coefficient (Wildman–Crippen LogP) is 3.10. The smallest absolute Gasteiger partial charge is 0.149 e. The summed E-state index contributed by atoms with van der Waals surface area (Å²) < 4.78 is 13.4. The van der Waals surface area contributed by atoms with Crippen molar-refractivity contribution in [3.63, 3.8) is 0 Å². The lowest BCUT2D eigenvalue weighted by molar-refractivity contribution is 0.635.